The minimum atomic E-state index is -0.566. The number of hydrogen-bond acceptors (Lipinski definition) is 4. The summed E-state index contributed by atoms with van der Waals surface area (Å²) in [4.78, 5) is 14.2. The fourth-order valence-corrected chi connectivity index (χ4v) is 2.50. The van der Waals surface area contributed by atoms with Crippen molar-refractivity contribution >= 4 is 11.6 Å². The van der Waals surface area contributed by atoms with Crippen molar-refractivity contribution < 1.29 is 14.6 Å². The standard InChI is InChI=1S/C15H22N2O3/c1-3-16-15(19)14-10-20-9-8-17(14)13-7-5-4-6-12(13)11(2)18/h4-7,11,14,18H,3,8-10H2,1-2H3,(H,16,19)/t11-,14?/m0/s1. The zero-order chi connectivity index (χ0) is 14.5. The van der Waals surface area contributed by atoms with E-state index in [2.05, 4.69) is 5.32 Å². The highest BCUT2D eigenvalue weighted by Crippen LogP contribution is 2.28. The van der Waals surface area contributed by atoms with Gasteiger partial charge in [0.25, 0.3) is 0 Å². The number of carbonyl (C=O) groups excluding carboxylic acids is 1. The highest BCUT2D eigenvalue weighted by atomic mass is 16.5. The van der Waals surface area contributed by atoms with E-state index in [-0.39, 0.29) is 11.9 Å². The summed E-state index contributed by atoms with van der Waals surface area (Å²) in [6.45, 7) is 5.84. The number of aliphatic hydroxyl groups excluding tert-OH is 1. The second-order valence-corrected chi connectivity index (χ2v) is 4.91. The van der Waals surface area contributed by atoms with Gasteiger partial charge in [0.2, 0.25) is 5.91 Å². The Morgan fingerprint density at radius 2 is 2.30 bits per heavy atom. The van der Waals surface area contributed by atoms with Crippen molar-refractivity contribution in [3.8, 4) is 0 Å². The Morgan fingerprint density at radius 3 is 3.00 bits per heavy atom. The molecule has 0 bridgehead atoms. The topological polar surface area (TPSA) is 61.8 Å². The number of anilines is 1. The zero-order valence-corrected chi connectivity index (χ0v) is 12.0. The molecule has 5 nitrogen and oxygen atoms in total. The number of benzene rings is 1. The molecule has 1 amide bonds. The van der Waals surface area contributed by atoms with E-state index in [4.69, 9.17) is 4.74 Å². The van der Waals surface area contributed by atoms with Crippen LogP contribution in [0.2, 0.25) is 0 Å². The van der Waals surface area contributed by atoms with Crippen LogP contribution in [0.25, 0.3) is 0 Å². The first-order valence-corrected chi connectivity index (χ1v) is 7.04. The zero-order valence-electron chi connectivity index (χ0n) is 12.0. The molecule has 1 aromatic rings. The monoisotopic (exact) mass is 278 g/mol. The molecule has 1 aliphatic heterocycles. The third-order valence-corrected chi connectivity index (χ3v) is 3.48. The van der Waals surface area contributed by atoms with Crippen molar-refractivity contribution in [1.29, 1.82) is 0 Å². The van der Waals surface area contributed by atoms with Crippen LogP contribution in [0.5, 0.6) is 0 Å². The van der Waals surface area contributed by atoms with Gasteiger partial charge in [-0.1, -0.05) is 18.2 Å². The van der Waals surface area contributed by atoms with Crippen molar-refractivity contribution in [2.24, 2.45) is 0 Å². The van der Waals surface area contributed by atoms with Crippen LogP contribution in [0.4, 0.5) is 5.69 Å². The molecule has 1 fully saturated rings. The molecule has 0 aliphatic carbocycles. The van der Waals surface area contributed by atoms with Gasteiger partial charge in [0.15, 0.2) is 0 Å². The third kappa shape index (κ3) is 3.11. The Kier molecular flexibility index (Phi) is 4.98. The van der Waals surface area contributed by atoms with E-state index in [1.54, 1.807) is 6.92 Å². The van der Waals surface area contributed by atoms with Gasteiger partial charge >= 0.3 is 0 Å². The molecule has 1 heterocycles. The van der Waals surface area contributed by atoms with E-state index in [1.165, 1.54) is 0 Å². The van der Waals surface area contributed by atoms with Crippen LogP contribution in [0.3, 0.4) is 0 Å². The molecule has 1 aromatic carbocycles. The molecule has 1 saturated heterocycles. The van der Waals surface area contributed by atoms with E-state index < -0.39 is 6.10 Å². The van der Waals surface area contributed by atoms with Gasteiger partial charge in [-0.2, -0.15) is 0 Å². The summed E-state index contributed by atoms with van der Waals surface area (Å²) in [5, 5.41) is 12.7. The second-order valence-electron chi connectivity index (χ2n) is 4.91. The predicted molar refractivity (Wildman–Crippen MR) is 77.7 cm³/mol. The average Bonchev–Trinajstić information content (AvgIpc) is 2.47. The molecular weight excluding hydrogens is 256 g/mol. The molecule has 0 spiro atoms. The van der Waals surface area contributed by atoms with E-state index in [9.17, 15) is 9.90 Å². The van der Waals surface area contributed by atoms with Gasteiger partial charge in [-0.25, -0.2) is 0 Å². The van der Waals surface area contributed by atoms with E-state index in [1.807, 2.05) is 36.1 Å². The number of hydrogen-bond donors (Lipinski definition) is 2. The van der Waals surface area contributed by atoms with E-state index in [0.29, 0.717) is 26.3 Å². The van der Waals surface area contributed by atoms with Crippen molar-refractivity contribution in [3.63, 3.8) is 0 Å². The van der Waals surface area contributed by atoms with Gasteiger partial charge in [-0.05, 0) is 19.9 Å². The van der Waals surface area contributed by atoms with Crippen LogP contribution in [-0.2, 0) is 9.53 Å². The Hall–Kier alpha value is -1.59. The lowest BCUT2D eigenvalue weighted by Crippen LogP contribution is -2.54. The molecule has 0 aromatic heterocycles. The number of nitrogens with zero attached hydrogens (tertiary/aromatic N) is 1. The maximum absolute atomic E-state index is 12.2. The van der Waals surface area contributed by atoms with Crippen molar-refractivity contribution in [2.45, 2.75) is 26.0 Å². The molecule has 5 heteroatoms. The molecule has 2 atom stereocenters. The van der Waals surface area contributed by atoms with Crippen LogP contribution in [0.15, 0.2) is 24.3 Å². The van der Waals surface area contributed by atoms with Gasteiger partial charge in [-0.15, -0.1) is 0 Å². The summed E-state index contributed by atoms with van der Waals surface area (Å²) in [5.41, 5.74) is 1.74. The lowest BCUT2D eigenvalue weighted by Gasteiger charge is -2.37. The maximum Gasteiger partial charge on any atom is 0.245 e. The maximum atomic E-state index is 12.2. The Balaban J connectivity index is 2.30. The minimum absolute atomic E-state index is 0.0346. The minimum Gasteiger partial charge on any atom is -0.389 e. The van der Waals surface area contributed by atoms with Crippen LogP contribution in [-0.4, -0.2) is 43.4 Å². The number of morpholine rings is 1. The number of amides is 1. The molecule has 1 aliphatic rings. The largest absolute Gasteiger partial charge is 0.389 e. The number of ether oxygens (including phenoxy) is 1. The fraction of sp³-hybridized carbons (Fsp3) is 0.533. The highest BCUT2D eigenvalue weighted by Gasteiger charge is 2.30. The van der Waals surface area contributed by atoms with Gasteiger partial charge < -0.3 is 20.1 Å². The number of para-hydroxylation sites is 1. The molecule has 110 valence electrons. The third-order valence-electron chi connectivity index (χ3n) is 3.48. The van der Waals surface area contributed by atoms with Crippen molar-refractivity contribution in [1.82, 2.24) is 5.32 Å². The summed E-state index contributed by atoms with van der Waals surface area (Å²) in [6, 6.07) is 7.31. The highest BCUT2D eigenvalue weighted by molar-refractivity contribution is 5.86. The fourth-order valence-electron chi connectivity index (χ4n) is 2.50. The first-order valence-electron chi connectivity index (χ1n) is 7.04. The summed E-state index contributed by atoms with van der Waals surface area (Å²) in [5.74, 6) is -0.0346. The molecule has 20 heavy (non-hydrogen) atoms. The van der Waals surface area contributed by atoms with Gasteiger partial charge in [0, 0.05) is 24.3 Å². The predicted octanol–water partition coefficient (Wildman–Crippen LogP) is 1.08. The molecule has 1 unspecified atom stereocenters. The van der Waals surface area contributed by atoms with Crippen molar-refractivity contribution in [2.75, 3.05) is 31.2 Å². The first kappa shape index (κ1) is 14.8. The molecule has 0 radical (unpaired) electrons. The van der Waals surface area contributed by atoms with Gasteiger partial charge in [0.05, 0.1) is 19.3 Å². The molecule has 2 rings (SSSR count). The summed E-state index contributed by atoms with van der Waals surface area (Å²) in [6.07, 6.45) is -0.566. The molecule has 2 N–H and O–H groups in total. The second kappa shape index (κ2) is 6.72. The van der Waals surface area contributed by atoms with Gasteiger partial charge in [-0.3, -0.25) is 4.79 Å². The number of likely N-dealkylation sites (N-methyl/N-ethyl adjacent to an activating group) is 1. The van der Waals surface area contributed by atoms with Crippen molar-refractivity contribution in [3.05, 3.63) is 29.8 Å². The first-order chi connectivity index (χ1) is 9.65. The van der Waals surface area contributed by atoms with Gasteiger partial charge in [0.1, 0.15) is 6.04 Å². The number of rotatable bonds is 4. The molecule has 0 saturated carbocycles. The molecular formula is C15H22N2O3. The number of carbonyl (C=O) groups is 1. The Labute approximate surface area is 119 Å². The SMILES string of the molecule is CCNC(=O)C1COCCN1c1ccccc1[C@H](C)O. The average molecular weight is 278 g/mol. The number of aliphatic hydroxyl groups is 1. The van der Waals surface area contributed by atoms with Crippen LogP contribution in [0.1, 0.15) is 25.5 Å². The quantitative estimate of drug-likeness (QED) is 0.865. The number of nitrogens with one attached hydrogen (secondary N) is 1. The lowest BCUT2D eigenvalue weighted by atomic mass is 10.0. The normalized spacial score (nSPS) is 20.6. The lowest BCUT2D eigenvalue weighted by molar-refractivity contribution is -0.124. The smallest absolute Gasteiger partial charge is 0.245 e. The summed E-state index contributed by atoms with van der Waals surface area (Å²) in [7, 11) is 0. The van der Waals surface area contributed by atoms with E-state index >= 15 is 0 Å². The van der Waals surface area contributed by atoms with E-state index in [0.717, 1.165) is 11.3 Å². The summed E-state index contributed by atoms with van der Waals surface area (Å²) < 4.78 is 5.44. The Bertz CT molecular complexity index is 462. The van der Waals surface area contributed by atoms with Crippen LogP contribution >= 0.6 is 0 Å². The van der Waals surface area contributed by atoms with Crippen LogP contribution in [0, 0.1) is 0 Å². The van der Waals surface area contributed by atoms with Crippen LogP contribution < -0.4 is 10.2 Å². The summed E-state index contributed by atoms with van der Waals surface area (Å²) >= 11 is 0. The Morgan fingerprint density at radius 1 is 1.55 bits per heavy atom.